The lowest BCUT2D eigenvalue weighted by molar-refractivity contribution is -0.114. The molecule has 26 heavy (non-hydrogen) atoms. The van der Waals surface area contributed by atoms with Crippen molar-refractivity contribution in [1.82, 2.24) is 4.72 Å². The van der Waals surface area contributed by atoms with Gasteiger partial charge in [0.05, 0.1) is 4.90 Å². The Hall–Kier alpha value is -2.44. The quantitative estimate of drug-likeness (QED) is 0.823. The van der Waals surface area contributed by atoms with Crippen molar-refractivity contribution >= 4 is 27.7 Å². The van der Waals surface area contributed by atoms with E-state index < -0.39 is 10.0 Å². The molecule has 0 radical (unpaired) electrons. The van der Waals surface area contributed by atoms with E-state index in [9.17, 15) is 13.2 Å². The number of benzene rings is 2. The molecule has 2 aromatic carbocycles. The van der Waals surface area contributed by atoms with E-state index in [4.69, 9.17) is 0 Å². The molecule has 1 heterocycles. The van der Waals surface area contributed by atoms with Crippen LogP contribution in [-0.2, 0) is 21.2 Å². The van der Waals surface area contributed by atoms with Crippen molar-refractivity contribution < 1.29 is 13.2 Å². The zero-order valence-electron chi connectivity index (χ0n) is 14.8. The molecule has 1 aliphatic heterocycles. The number of carbonyl (C=O) groups is 1. The summed E-state index contributed by atoms with van der Waals surface area (Å²) < 4.78 is 26.8. The summed E-state index contributed by atoms with van der Waals surface area (Å²) >= 11 is 0. The van der Waals surface area contributed by atoms with Gasteiger partial charge in [-0.3, -0.25) is 4.79 Å². The first-order chi connectivity index (χ1) is 12.4. The lowest BCUT2D eigenvalue weighted by atomic mass is 10.2. The molecule has 6 heteroatoms. The van der Waals surface area contributed by atoms with Gasteiger partial charge in [-0.25, -0.2) is 13.1 Å². The van der Waals surface area contributed by atoms with Crippen LogP contribution in [-0.4, -0.2) is 26.9 Å². The molecule has 0 spiro atoms. The van der Waals surface area contributed by atoms with Crippen LogP contribution < -0.4 is 9.62 Å². The lowest BCUT2D eigenvalue weighted by Gasteiger charge is -2.14. The van der Waals surface area contributed by atoms with E-state index in [1.54, 1.807) is 49.1 Å². The molecule has 0 aliphatic carbocycles. The largest absolute Gasteiger partial charge is 0.308 e. The number of nitrogens with one attached hydrogen (secondary N) is 1. The van der Waals surface area contributed by atoms with Crippen molar-refractivity contribution in [3.05, 3.63) is 65.7 Å². The zero-order valence-corrected chi connectivity index (χ0v) is 15.7. The Morgan fingerprint density at radius 3 is 2.50 bits per heavy atom. The monoisotopic (exact) mass is 370 g/mol. The van der Waals surface area contributed by atoms with Crippen LogP contribution in [0.2, 0.25) is 0 Å². The summed E-state index contributed by atoms with van der Waals surface area (Å²) in [7, 11) is -3.50. The Morgan fingerprint density at radius 2 is 1.81 bits per heavy atom. The number of hydrogen-bond donors (Lipinski definition) is 1. The SMILES string of the molecule is CC(C)NS(=O)(=O)c1ccc(/C=C/C(=O)N2CCc3ccccc32)cc1. The van der Waals surface area contributed by atoms with Gasteiger partial charge in [-0.2, -0.15) is 0 Å². The Kier molecular flexibility index (Phi) is 5.25. The number of carbonyl (C=O) groups excluding carboxylic acids is 1. The first-order valence-corrected chi connectivity index (χ1v) is 10.0. The molecule has 3 rings (SSSR count). The van der Waals surface area contributed by atoms with Gasteiger partial charge in [0.25, 0.3) is 5.91 Å². The molecule has 0 atom stereocenters. The van der Waals surface area contributed by atoms with Crippen molar-refractivity contribution in [3.63, 3.8) is 0 Å². The average molecular weight is 370 g/mol. The number of para-hydroxylation sites is 1. The van der Waals surface area contributed by atoms with Gasteiger partial charge < -0.3 is 4.90 Å². The highest BCUT2D eigenvalue weighted by Crippen LogP contribution is 2.27. The highest BCUT2D eigenvalue weighted by Gasteiger charge is 2.22. The molecule has 1 amide bonds. The van der Waals surface area contributed by atoms with Crippen molar-refractivity contribution in [2.24, 2.45) is 0 Å². The van der Waals surface area contributed by atoms with Crippen LogP contribution in [0.1, 0.15) is 25.0 Å². The van der Waals surface area contributed by atoms with Crippen LogP contribution in [0, 0.1) is 0 Å². The van der Waals surface area contributed by atoms with Crippen LogP contribution in [0.25, 0.3) is 6.08 Å². The summed E-state index contributed by atoms with van der Waals surface area (Å²) in [6, 6.07) is 14.2. The average Bonchev–Trinajstić information content (AvgIpc) is 3.03. The van der Waals surface area contributed by atoms with E-state index >= 15 is 0 Å². The maximum atomic E-state index is 12.5. The number of hydrogen-bond acceptors (Lipinski definition) is 3. The molecule has 0 aromatic heterocycles. The predicted molar refractivity (Wildman–Crippen MR) is 103 cm³/mol. The summed E-state index contributed by atoms with van der Waals surface area (Å²) in [4.78, 5) is 14.4. The summed E-state index contributed by atoms with van der Waals surface area (Å²) in [6.45, 7) is 4.23. The number of fused-ring (bicyclic) bond motifs is 1. The van der Waals surface area contributed by atoms with Crippen LogP contribution in [0.4, 0.5) is 5.69 Å². The summed E-state index contributed by atoms with van der Waals surface area (Å²) in [5.74, 6) is -0.0758. The molecule has 1 N–H and O–H groups in total. The van der Waals surface area contributed by atoms with Gasteiger partial charge in [-0.05, 0) is 55.7 Å². The van der Waals surface area contributed by atoms with Crippen molar-refractivity contribution in [2.75, 3.05) is 11.4 Å². The fraction of sp³-hybridized carbons (Fsp3) is 0.250. The first kappa shape index (κ1) is 18.4. The van der Waals surface area contributed by atoms with Crippen LogP contribution in [0.15, 0.2) is 59.5 Å². The van der Waals surface area contributed by atoms with Gasteiger partial charge in [0.15, 0.2) is 0 Å². The molecular formula is C20H22N2O3S. The summed E-state index contributed by atoms with van der Waals surface area (Å²) in [5.41, 5.74) is 2.92. The second-order valence-electron chi connectivity index (χ2n) is 6.55. The number of anilines is 1. The molecule has 5 nitrogen and oxygen atoms in total. The van der Waals surface area contributed by atoms with Gasteiger partial charge >= 0.3 is 0 Å². The van der Waals surface area contributed by atoms with Crippen LogP contribution >= 0.6 is 0 Å². The number of nitrogens with zero attached hydrogens (tertiary/aromatic N) is 1. The molecule has 1 aliphatic rings. The third-order valence-electron chi connectivity index (χ3n) is 4.15. The molecular weight excluding hydrogens is 348 g/mol. The molecule has 0 saturated heterocycles. The fourth-order valence-electron chi connectivity index (χ4n) is 2.96. The highest BCUT2D eigenvalue weighted by molar-refractivity contribution is 7.89. The number of rotatable bonds is 5. The second kappa shape index (κ2) is 7.43. The van der Waals surface area contributed by atoms with Gasteiger partial charge in [-0.15, -0.1) is 0 Å². The Morgan fingerprint density at radius 1 is 1.12 bits per heavy atom. The summed E-state index contributed by atoms with van der Waals surface area (Å²) in [5, 5.41) is 0. The Balaban J connectivity index is 1.71. The van der Waals surface area contributed by atoms with Crippen molar-refractivity contribution in [2.45, 2.75) is 31.2 Å². The molecule has 136 valence electrons. The molecule has 0 saturated carbocycles. The molecule has 0 fully saturated rings. The van der Waals surface area contributed by atoms with E-state index in [1.807, 2.05) is 24.3 Å². The Labute approximate surface area is 154 Å². The maximum Gasteiger partial charge on any atom is 0.251 e. The lowest BCUT2D eigenvalue weighted by Crippen LogP contribution is -2.30. The van der Waals surface area contributed by atoms with E-state index in [0.29, 0.717) is 6.54 Å². The number of sulfonamides is 1. The van der Waals surface area contributed by atoms with Gasteiger partial charge in [0.1, 0.15) is 0 Å². The topological polar surface area (TPSA) is 66.5 Å². The van der Waals surface area contributed by atoms with Crippen LogP contribution in [0.3, 0.4) is 0 Å². The highest BCUT2D eigenvalue weighted by atomic mass is 32.2. The van der Waals surface area contributed by atoms with Gasteiger partial charge in [0.2, 0.25) is 10.0 Å². The van der Waals surface area contributed by atoms with Gasteiger partial charge in [0, 0.05) is 24.4 Å². The predicted octanol–water partition coefficient (Wildman–Crippen LogP) is 2.98. The number of amides is 1. The van der Waals surface area contributed by atoms with Crippen LogP contribution in [0.5, 0.6) is 0 Å². The van der Waals surface area contributed by atoms with Crippen molar-refractivity contribution in [1.29, 1.82) is 0 Å². The van der Waals surface area contributed by atoms with E-state index in [0.717, 1.165) is 17.7 Å². The molecule has 0 bridgehead atoms. The smallest absolute Gasteiger partial charge is 0.251 e. The minimum Gasteiger partial charge on any atom is -0.308 e. The summed E-state index contributed by atoms with van der Waals surface area (Å²) in [6.07, 6.45) is 4.10. The van der Waals surface area contributed by atoms with Crippen molar-refractivity contribution in [3.8, 4) is 0 Å². The third kappa shape index (κ3) is 4.03. The van der Waals surface area contributed by atoms with Gasteiger partial charge in [-0.1, -0.05) is 30.3 Å². The molecule has 2 aromatic rings. The second-order valence-corrected chi connectivity index (χ2v) is 8.26. The minimum atomic E-state index is -3.50. The standard InChI is InChI=1S/C20H22N2O3S/c1-15(2)21-26(24,25)18-10-7-16(8-11-18)9-12-20(23)22-14-13-17-5-3-4-6-19(17)22/h3-12,15,21H,13-14H2,1-2H3/b12-9+. The maximum absolute atomic E-state index is 12.5. The third-order valence-corrected chi connectivity index (χ3v) is 5.83. The first-order valence-electron chi connectivity index (χ1n) is 8.57. The Bertz CT molecular complexity index is 932. The van der Waals surface area contributed by atoms with E-state index in [1.165, 1.54) is 11.6 Å². The minimum absolute atomic E-state index is 0.0758. The molecule has 0 unspecified atom stereocenters. The fourth-order valence-corrected chi connectivity index (χ4v) is 4.21. The van der Waals surface area contributed by atoms with E-state index in [-0.39, 0.29) is 16.8 Å². The zero-order chi connectivity index (χ0) is 18.7. The normalized spacial score (nSPS) is 14.2. The van der Waals surface area contributed by atoms with E-state index in [2.05, 4.69) is 4.72 Å².